The zero-order valence-electron chi connectivity index (χ0n) is 9.41. The van der Waals surface area contributed by atoms with Crippen molar-refractivity contribution in [1.82, 2.24) is 0 Å². The van der Waals surface area contributed by atoms with E-state index in [-0.39, 0.29) is 6.54 Å². The van der Waals surface area contributed by atoms with Gasteiger partial charge in [-0.2, -0.15) is 5.26 Å². The predicted octanol–water partition coefficient (Wildman–Crippen LogP) is 1.37. The molecule has 0 aliphatic carbocycles. The van der Waals surface area contributed by atoms with Gasteiger partial charge in [0.2, 0.25) is 0 Å². The van der Waals surface area contributed by atoms with Crippen LogP contribution in [0.4, 0.5) is 0 Å². The summed E-state index contributed by atoms with van der Waals surface area (Å²) >= 11 is 0. The number of carbonyl (C=O) groups excluding carboxylic acids is 1. The molecular weight excluding hydrogens is 204 g/mol. The lowest BCUT2D eigenvalue weighted by Crippen LogP contribution is -2.10. The summed E-state index contributed by atoms with van der Waals surface area (Å²) in [5, 5.41) is 9.08. The van der Waals surface area contributed by atoms with Crippen molar-refractivity contribution in [2.75, 3.05) is 7.11 Å². The van der Waals surface area contributed by atoms with Gasteiger partial charge in [-0.15, -0.1) is 0 Å². The number of nitrogens with two attached hydrogens (primary N) is 1. The van der Waals surface area contributed by atoms with Crippen LogP contribution in [0, 0.1) is 11.3 Å². The predicted molar refractivity (Wildman–Crippen MR) is 59.8 cm³/mol. The fourth-order valence-electron chi connectivity index (χ4n) is 1.67. The molecule has 0 bridgehead atoms. The molecule has 0 unspecified atom stereocenters. The number of esters is 1. The highest BCUT2D eigenvalue weighted by Crippen LogP contribution is 2.20. The second kappa shape index (κ2) is 5.29. The number of nitriles is 1. The molecule has 2 N–H and O–H groups in total. The van der Waals surface area contributed by atoms with E-state index in [1.165, 1.54) is 7.11 Å². The third kappa shape index (κ3) is 2.05. The third-order valence-corrected chi connectivity index (χ3v) is 2.49. The van der Waals surface area contributed by atoms with Crippen LogP contribution in [0.1, 0.15) is 34.0 Å². The van der Waals surface area contributed by atoms with Crippen molar-refractivity contribution in [1.29, 1.82) is 5.26 Å². The zero-order valence-corrected chi connectivity index (χ0v) is 9.41. The number of benzene rings is 1. The highest BCUT2D eigenvalue weighted by atomic mass is 16.5. The van der Waals surface area contributed by atoms with E-state index in [1.54, 1.807) is 12.1 Å². The molecular formula is C12H14N2O2. The molecule has 1 aromatic rings. The van der Waals surface area contributed by atoms with Gasteiger partial charge in [0.25, 0.3) is 0 Å². The molecule has 0 aromatic heterocycles. The summed E-state index contributed by atoms with van der Waals surface area (Å²) in [6.07, 6.45) is 0.598. The molecule has 1 rings (SSSR count). The lowest BCUT2D eigenvalue weighted by molar-refractivity contribution is 0.0599. The number of hydrogen-bond donors (Lipinski definition) is 1. The Morgan fingerprint density at radius 3 is 2.69 bits per heavy atom. The van der Waals surface area contributed by atoms with Crippen molar-refractivity contribution in [3.8, 4) is 6.07 Å². The minimum Gasteiger partial charge on any atom is -0.465 e. The minimum absolute atomic E-state index is 0.289. The lowest BCUT2D eigenvalue weighted by atomic mass is 9.95. The summed E-state index contributed by atoms with van der Waals surface area (Å²) < 4.78 is 4.67. The van der Waals surface area contributed by atoms with Gasteiger partial charge in [-0.25, -0.2) is 4.79 Å². The molecule has 0 aliphatic heterocycles. The van der Waals surface area contributed by atoms with E-state index >= 15 is 0 Å². The van der Waals surface area contributed by atoms with Crippen LogP contribution >= 0.6 is 0 Å². The second-order valence-corrected chi connectivity index (χ2v) is 3.29. The normalized spacial score (nSPS) is 9.62. The van der Waals surface area contributed by atoms with Gasteiger partial charge in [0, 0.05) is 6.54 Å². The highest BCUT2D eigenvalue weighted by Gasteiger charge is 2.16. The molecule has 16 heavy (non-hydrogen) atoms. The van der Waals surface area contributed by atoms with Crippen LogP contribution in [0.25, 0.3) is 0 Å². The Hall–Kier alpha value is -1.86. The summed E-state index contributed by atoms with van der Waals surface area (Å²) in [6.45, 7) is 2.18. The van der Waals surface area contributed by atoms with Gasteiger partial charge in [-0.3, -0.25) is 0 Å². The van der Waals surface area contributed by atoms with E-state index in [1.807, 2.05) is 6.92 Å². The maximum absolute atomic E-state index is 11.5. The molecule has 0 heterocycles. The first-order chi connectivity index (χ1) is 7.69. The smallest absolute Gasteiger partial charge is 0.338 e. The quantitative estimate of drug-likeness (QED) is 0.777. The number of carbonyl (C=O) groups is 1. The van der Waals surface area contributed by atoms with E-state index < -0.39 is 5.97 Å². The molecule has 0 spiro atoms. The Labute approximate surface area is 94.6 Å². The Balaban J connectivity index is 3.44. The average molecular weight is 218 g/mol. The summed E-state index contributed by atoms with van der Waals surface area (Å²) in [7, 11) is 1.32. The van der Waals surface area contributed by atoms with Crippen molar-refractivity contribution in [3.05, 3.63) is 34.4 Å². The SMILES string of the molecule is CCc1c(C(=O)OC)ccc(CN)c1C#N. The van der Waals surface area contributed by atoms with E-state index in [2.05, 4.69) is 10.8 Å². The lowest BCUT2D eigenvalue weighted by Gasteiger charge is -2.10. The Morgan fingerprint density at radius 1 is 1.56 bits per heavy atom. The fraction of sp³-hybridized carbons (Fsp3) is 0.333. The van der Waals surface area contributed by atoms with Crippen molar-refractivity contribution in [2.45, 2.75) is 19.9 Å². The van der Waals surface area contributed by atoms with Crippen LogP contribution in [0.3, 0.4) is 0 Å². The number of ether oxygens (including phenoxy) is 1. The van der Waals surface area contributed by atoms with E-state index in [0.29, 0.717) is 23.1 Å². The molecule has 4 nitrogen and oxygen atoms in total. The fourth-order valence-corrected chi connectivity index (χ4v) is 1.67. The molecule has 0 saturated carbocycles. The number of hydrogen-bond acceptors (Lipinski definition) is 4. The number of rotatable bonds is 3. The first-order valence-corrected chi connectivity index (χ1v) is 5.02. The minimum atomic E-state index is -0.420. The Bertz CT molecular complexity index is 447. The largest absolute Gasteiger partial charge is 0.465 e. The van der Waals surface area contributed by atoms with Gasteiger partial charge in [0.05, 0.1) is 24.3 Å². The Morgan fingerprint density at radius 2 is 2.25 bits per heavy atom. The summed E-state index contributed by atoms with van der Waals surface area (Å²) in [6, 6.07) is 5.46. The molecule has 0 saturated heterocycles. The number of nitrogens with zero attached hydrogens (tertiary/aromatic N) is 1. The molecule has 0 amide bonds. The molecule has 0 atom stereocenters. The van der Waals surface area contributed by atoms with E-state index in [9.17, 15) is 4.79 Å². The van der Waals surface area contributed by atoms with Crippen molar-refractivity contribution in [3.63, 3.8) is 0 Å². The van der Waals surface area contributed by atoms with Crippen molar-refractivity contribution < 1.29 is 9.53 Å². The molecule has 0 aliphatic rings. The highest BCUT2D eigenvalue weighted by molar-refractivity contribution is 5.92. The maximum atomic E-state index is 11.5. The maximum Gasteiger partial charge on any atom is 0.338 e. The molecule has 0 fully saturated rings. The monoisotopic (exact) mass is 218 g/mol. The molecule has 0 radical (unpaired) electrons. The van der Waals surface area contributed by atoms with Crippen LogP contribution in [-0.2, 0) is 17.7 Å². The summed E-state index contributed by atoms with van der Waals surface area (Å²) in [5.74, 6) is -0.420. The van der Waals surface area contributed by atoms with Gasteiger partial charge in [0.1, 0.15) is 0 Å². The van der Waals surface area contributed by atoms with Crippen LogP contribution < -0.4 is 5.73 Å². The topological polar surface area (TPSA) is 76.1 Å². The van der Waals surface area contributed by atoms with Crippen LogP contribution in [0.15, 0.2) is 12.1 Å². The van der Waals surface area contributed by atoms with Crippen LogP contribution in [0.5, 0.6) is 0 Å². The zero-order chi connectivity index (χ0) is 12.1. The van der Waals surface area contributed by atoms with Gasteiger partial charge in [-0.05, 0) is 23.6 Å². The van der Waals surface area contributed by atoms with E-state index in [0.717, 1.165) is 5.56 Å². The van der Waals surface area contributed by atoms with Gasteiger partial charge >= 0.3 is 5.97 Å². The number of methoxy groups -OCH3 is 1. The third-order valence-electron chi connectivity index (χ3n) is 2.49. The van der Waals surface area contributed by atoms with Crippen molar-refractivity contribution >= 4 is 5.97 Å². The molecule has 4 heteroatoms. The Kier molecular flexibility index (Phi) is 4.03. The second-order valence-electron chi connectivity index (χ2n) is 3.29. The molecule has 1 aromatic carbocycles. The molecule has 84 valence electrons. The summed E-state index contributed by atoms with van der Waals surface area (Å²) in [5.41, 5.74) is 7.94. The average Bonchev–Trinajstić information content (AvgIpc) is 2.35. The van der Waals surface area contributed by atoms with Crippen LogP contribution in [-0.4, -0.2) is 13.1 Å². The first kappa shape index (κ1) is 12.2. The van der Waals surface area contributed by atoms with E-state index in [4.69, 9.17) is 11.0 Å². The van der Waals surface area contributed by atoms with Gasteiger partial charge < -0.3 is 10.5 Å². The van der Waals surface area contributed by atoms with Crippen LogP contribution in [0.2, 0.25) is 0 Å². The van der Waals surface area contributed by atoms with Crippen molar-refractivity contribution in [2.24, 2.45) is 5.73 Å². The first-order valence-electron chi connectivity index (χ1n) is 5.02. The van der Waals surface area contributed by atoms with Gasteiger partial charge in [0.15, 0.2) is 0 Å². The summed E-state index contributed by atoms with van der Waals surface area (Å²) in [4.78, 5) is 11.5. The van der Waals surface area contributed by atoms with Gasteiger partial charge in [-0.1, -0.05) is 13.0 Å². The standard InChI is InChI=1S/C12H14N2O2/c1-3-9-10(12(15)16-2)5-4-8(6-13)11(9)7-14/h4-5H,3,6,13H2,1-2H3.